The fourth-order valence-electron chi connectivity index (χ4n) is 1.73. The predicted octanol–water partition coefficient (Wildman–Crippen LogP) is 3.80. The third-order valence-electron chi connectivity index (χ3n) is 2.70. The molecule has 0 atom stereocenters. The molecule has 0 saturated heterocycles. The van der Waals surface area contributed by atoms with Crippen LogP contribution in [-0.4, -0.2) is 10.8 Å². The number of pyridine rings is 1. The molecule has 98 valence electrons. The van der Waals surface area contributed by atoms with Crippen molar-refractivity contribution in [3.05, 3.63) is 58.1 Å². The largest absolute Gasteiger partial charge is 0.380 e. The van der Waals surface area contributed by atoms with Crippen LogP contribution >= 0.6 is 15.9 Å². The van der Waals surface area contributed by atoms with Crippen molar-refractivity contribution < 1.29 is 9.18 Å². The zero-order valence-corrected chi connectivity index (χ0v) is 11.9. The molecule has 3 nitrogen and oxygen atoms in total. The van der Waals surface area contributed by atoms with E-state index in [1.807, 2.05) is 6.07 Å². The lowest BCUT2D eigenvalue weighted by Gasteiger charge is -2.10. The summed E-state index contributed by atoms with van der Waals surface area (Å²) in [5.41, 5.74) is 1.78. The lowest BCUT2D eigenvalue weighted by Crippen LogP contribution is -2.06. The van der Waals surface area contributed by atoms with E-state index in [1.165, 1.54) is 13.1 Å². The molecule has 2 rings (SSSR count). The van der Waals surface area contributed by atoms with Crippen molar-refractivity contribution in [2.24, 2.45) is 0 Å². The van der Waals surface area contributed by atoms with Crippen molar-refractivity contribution in [2.75, 3.05) is 5.32 Å². The first kappa shape index (κ1) is 13.7. The number of nitrogens with one attached hydrogen (secondary N) is 1. The minimum Gasteiger partial charge on any atom is -0.380 e. The van der Waals surface area contributed by atoms with E-state index in [4.69, 9.17) is 0 Å². The summed E-state index contributed by atoms with van der Waals surface area (Å²) in [4.78, 5) is 15.3. The van der Waals surface area contributed by atoms with Crippen LogP contribution in [0.3, 0.4) is 0 Å². The minimum absolute atomic E-state index is 0.0283. The van der Waals surface area contributed by atoms with Gasteiger partial charge in [-0.1, -0.05) is 12.1 Å². The molecule has 0 bridgehead atoms. The molecular weight excluding hydrogens is 311 g/mol. The second kappa shape index (κ2) is 5.93. The van der Waals surface area contributed by atoms with Crippen molar-refractivity contribution in [3.63, 3.8) is 0 Å². The summed E-state index contributed by atoms with van der Waals surface area (Å²) < 4.78 is 13.9. The number of halogens is 2. The molecule has 0 fully saturated rings. The second-order valence-corrected chi connectivity index (χ2v) is 4.78. The van der Waals surface area contributed by atoms with E-state index in [1.54, 1.807) is 24.3 Å². The molecule has 0 aliphatic carbocycles. The Bertz CT molecular complexity index is 616. The van der Waals surface area contributed by atoms with Gasteiger partial charge in [0.05, 0.1) is 0 Å². The Hall–Kier alpha value is -1.75. The number of para-hydroxylation sites is 1. The van der Waals surface area contributed by atoms with Gasteiger partial charge in [0.15, 0.2) is 11.6 Å². The van der Waals surface area contributed by atoms with Gasteiger partial charge in [-0.15, -0.1) is 0 Å². The molecule has 5 heteroatoms. The highest BCUT2D eigenvalue weighted by molar-refractivity contribution is 9.10. The quantitative estimate of drug-likeness (QED) is 0.687. The van der Waals surface area contributed by atoms with Gasteiger partial charge in [0.2, 0.25) is 0 Å². The first-order valence-corrected chi connectivity index (χ1v) is 6.51. The summed E-state index contributed by atoms with van der Waals surface area (Å²) >= 11 is 3.04. The molecule has 2 aromatic rings. The van der Waals surface area contributed by atoms with Gasteiger partial charge in [0.1, 0.15) is 4.60 Å². The Kier molecular flexibility index (Phi) is 4.27. The maximum absolute atomic E-state index is 13.7. The molecule has 1 heterocycles. The SMILES string of the molecule is CC(=O)c1ccccc1NCc1ccnc(Br)c1F. The summed E-state index contributed by atoms with van der Waals surface area (Å²) in [7, 11) is 0. The van der Waals surface area contributed by atoms with Crippen molar-refractivity contribution in [3.8, 4) is 0 Å². The van der Waals surface area contributed by atoms with Crippen LogP contribution in [0.25, 0.3) is 0 Å². The van der Waals surface area contributed by atoms with E-state index in [9.17, 15) is 9.18 Å². The molecule has 0 unspecified atom stereocenters. The molecule has 0 saturated carbocycles. The monoisotopic (exact) mass is 322 g/mol. The first-order valence-electron chi connectivity index (χ1n) is 5.72. The van der Waals surface area contributed by atoms with Gasteiger partial charge < -0.3 is 5.32 Å². The van der Waals surface area contributed by atoms with Crippen molar-refractivity contribution in [1.29, 1.82) is 0 Å². The fourth-order valence-corrected chi connectivity index (χ4v) is 2.10. The number of ketones is 1. The highest BCUT2D eigenvalue weighted by atomic mass is 79.9. The van der Waals surface area contributed by atoms with Gasteiger partial charge in [-0.25, -0.2) is 9.37 Å². The number of carbonyl (C=O) groups is 1. The van der Waals surface area contributed by atoms with Crippen LogP contribution in [-0.2, 0) is 6.54 Å². The zero-order valence-electron chi connectivity index (χ0n) is 10.3. The molecule has 1 aromatic heterocycles. The van der Waals surface area contributed by atoms with Gasteiger partial charge in [0, 0.05) is 29.6 Å². The van der Waals surface area contributed by atoms with Gasteiger partial charge in [-0.2, -0.15) is 0 Å². The average Bonchev–Trinajstić information content (AvgIpc) is 2.40. The smallest absolute Gasteiger partial charge is 0.161 e. The lowest BCUT2D eigenvalue weighted by atomic mass is 10.1. The van der Waals surface area contributed by atoms with Crippen LogP contribution in [0.1, 0.15) is 22.8 Å². The molecule has 0 spiro atoms. The summed E-state index contributed by atoms with van der Waals surface area (Å²) in [5, 5.41) is 3.07. The minimum atomic E-state index is -0.393. The van der Waals surface area contributed by atoms with E-state index < -0.39 is 5.82 Å². The highest BCUT2D eigenvalue weighted by Gasteiger charge is 2.09. The Balaban J connectivity index is 2.19. The number of nitrogens with zero attached hydrogens (tertiary/aromatic N) is 1. The van der Waals surface area contributed by atoms with Crippen LogP contribution < -0.4 is 5.32 Å². The van der Waals surface area contributed by atoms with Crippen LogP contribution in [0.2, 0.25) is 0 Å². The molecule has 19 heavy (non-hydrogen) atoms. The second-order valence-electron chi connectivity index (χ2n) is 4.03. The van der Waals surface area contributed by atoms with E-state index in [0.717, 1.165) is 0 Å². The number of carbonyl (C=O) groups excluding carboxylic acids is 1. The number of anilines is 1. The standard InChI is InChI=1S/C14H12BrFN2O/c1-9(19)11-4-2-3-5-12(11)18-8-10-6-7-17-14(15)13(10)16/h2-7,18H,8H2,1H3. The third-order valence-corrected chi connectivity index (χ3v) is 3.26. The number of hydrogen-bond donors (Lipinski definition) is 1. The number of aromatic nitrogens is 1. The Morgan fingerprint density at radius 3 is 2.84 bits per heavy atom. The number of hydrogen-bond acceptors (Lipinski definition) is 3. The molecule has 0 aliphatic rings. The Labute approximate surface area is 119 Å². The summed E-state index contributed by atoms with van der Waals surface area (Å²) in [6.07, 6.45) is 1.53. The molecule has 0 aliphatic heterocycles. The van der Waals surface area contributed by atoms with Gasteiger partial charge in [0.25, 0.3) is 0 Å². The van der Waals surface area contributed by atoms with Crippen molar-refractivity contribution in [1.82, 2.24) is 4.98 Å². The maximum Gasteiger partial charge on any atom is 0.161 e. The Morgan fingerprint density at radius 1 is 1.37 bits per heavy atom. The van der Waals surface area contributed by atoms with Crippen LogP contribution in [0.4, 0.5) is 10.1 Å². The maximum atomic E-state index is 13.7. The fraction of sp³-hybridized carbons (Fsp3) is 0.143. The highest BCUT2D eigenvalue weighted by Crippen LogP contribution is 2.19. The number of Topliss-reactive ketones (excluding diaryl/α,β-unsaturated/α-hetero) is 1. The van der Waals surface area contributed by atoms with Gasteiger partial charge in [-0.05, 0) is 41.1 Å². The Morgan fingerprint density at radius 2 is 2.11 bits per heavy atom. The van der Waals surface area contributed by atoms with Crippen LogP contribution in [0.5, 0.6) is 0 Å². The third kappa shape index (κ3) is 3.17. The predicted molar refractivity (Wildman–Crippen MR) is 75.7 cm³/mol. The summed E-state index contributed by atoms with van der Waals surface area (Å²) in [6.45, 7) is 1.79. The van der Waals surface area contributed by atoms with Crippen molar-refractivity contribution in [2.45, 2.75) is 13.5 Å². The van der Waals surface area contributed by atoms with Crippen LogP contribution in [0.15, 0.2) is 41.1 Å². The van der Waals surface area contributed by atoms with Crippen molar-refractivity contribution >= 4 is 27.4 Å². The van der Waals surface area contributed by atoms with Gasteiger partial charge >= 0.3 is 0 Å². The first-order chi connectivity index (χ1) is 9.09. The number of rotatable bonds is 4. The van der Waals surface area contributed by atoms with E-state index in [2.05, 4.69) is 26.2 Å². The summed E-state index contributed by atoms with van der Waals surface area (Å²) in [5.74, 6) is -0.421. The molecular formula is C14H12BrFN2O. The normalized spacial score (nSPS) is 10.3. The lowest BCUT2D eigenvalue weighted by molar-refractivity contribution is 0.101. The molecule has 1 N–H and O–H groups in total. The topological polar surface area (TPSA) is 42.0 Å². The molecule has 0 radical (unpaired) electrons. The molecule has 1 aromatic carbocycles. The summed E-state index contributed by atoms with van der Waals surface area (Å²) in [6, 6.07) is 8.76. The van der Waals surface area contributed by atoms with E-state index in [0.29, 0.717) is 16.8 Å². The van der Waals surface area contributed by atoms with Gasteiger partial charge in [-0.3, -0.25) is 4.79 Å². The van der Waals surface area contributed by atoms with E-state index in [-0.39, 0.29) is 16.9 Å². The van der Waals surface area contributed by atoms with Crippen LogP contribution in [0, 0.1) is 5.82 Å². The zero-order chi connectivity index (χ0) is 13.8. The number of benzene rings is 1. The average molecular weight is 323 g/mol. The van der Waals surface area contributed by atoms with E-state index >= 15 is 0 Å². The molecule has 0 amide bonds.